The molecule has 1 heterocycles. The highest BCUT2D eigenvalue weighted by Gasteiger charge is 2.27. The summed E-state index contributed by atoms with van der Waals surface area (Å²) in [5.74, 6) is 0.961. The fourth-order valence-corrected chi connectivity index (χ4v) is 2.69. The normalized spacial score (nSPS) is 17.9. The first kappa shape index (κ1) is 13.8. The lowest BCUT2D eigenvalue weighted by atomic mass is 9.85. The molecule has 0 aliphatic heterocycles. The predicted octanol–water partition coefficient (Wildman–Crippen LogP) is 2.30. The van der Waals surface area contributed by atoms with Crippen molar-refractivity contribution in [3.8, 4) is 6.07 Å². The molecule has 0 spiro atoms. The molecular weight excluding hydrogens is 242 g/mol. The summed E-state index contributed by atoms with van der Waals surface area (Å²) in [5, 5.41) is 8.76. The highest BCUT2D eigenvalue weighted by atomic mass is 16.5. The van der Waals surface area contributed by atoms with E-state index in [2.05, 4.69) is 9.97 Å². The van der Waals surface area contributed by atoms with Crippen molar-refractivity contribution in [1.29, 1.82) is 5.26 Å². The van der Waals surface area contributed by atoms with Crippen LogP contribution >= 0.6 is 0 Å². The fraction of sp³-hybridized carbons (Fsp3) is 0.643. The van der Waals surface area contributed by atoms with Crippen molar-refractivity contribution in [3.63, 3.8) is 0 Å². The number of nitrogens with zero attached hydrogens (tertiary/aromatic N) is 2. The van der Waals surface area contributed by atoms with Crippen molar-refractivity contribution in [1.82, 2.24) is 9.97 Å². The largest absolute Gasteiger partial charge is 0.370 e. The van der Waals surface area contributed by atoms with Gasteiger partial charge in [-0.1, -0.05) is 19.3 Å². The maximum Gasteiger partial charge on any atom is 0.268 e. The standard InChI is InChI=1S/C14H19N3O2/c1-2-19-12(10-6-4-3-5-7-10)13-16-9-11(8-15)14(18)17-13/h9-10,12H,2-7H2,1H3,(H,16,17,18). The Hall–Kier alpha value is -1.67. The van der Waals surface area contributed by atoms with Crippen LogP contribution in [0.1, 0.15) is 56.5 Å². The van der Waals surface area contributed by atoms with E-state index in [0.29, 0.717) is 18.3 Å². The molecule has 0 amide bonds. The molecule has 1 atom stereocenters. The Morgan fingerprint density at radius 2 is 2.26 bits per heavy atom. The molecule has 1 aliphatic carbocycles. The van der Waals surface area contributed by atoms with Gasteiger partial charge in [0.25, 0.3) is 5.56 Å². The summed E-state index contributed by atoms with van der Waals surface area (Å²) >= 11 is 0. The third kappa shape index (κ3) is 3.21. The second kappa shape index (κ2) is 6.48. The van der Waals surface area contributed by atoms with Crippen LogP contribution in [0.15, 0.2) is 11.0 Å². The van der Waals surface area contributed by atoms with Crippen LogP contribution in [-0.4, -0.2) is 16.6 Å². The molecule has 19 heavy (non-hydrogen) atoms. The van der Waals surface area contributed by atoms with Crippen LogP contribution in [0.2, 0.25) is 0 Å². The van der Waals surface area contributed by atoms with E-state index < -0.39 is 0 Å². The highest BCUT2D eigenvalue weighted by molar-refractivity contribution is 5.22. The van der Waals surface area contributed by atoms with Crippen LogP contribution in [-0.2, 0) is 4.74 Å². The van der Waals surface area contributed by atoms with E-state index in [1.54, 1.807) is 0 Å². The van der Waals surface area contributed by atoms with Crippen LogP contribution in [0.3, 0.4) is 0 Å². The lowest BCUT2D eigenvalue weighted by Gasteiger charge is -2.29. The number of rotatable bonds is 4. The SMILES string of the molecule is CCOC(c1ncc(C#N)c(=O)[nH]1)C1CCCCC1. The second-order valence-corrected chi connectivity index (χ2v) is 4.90. The molecule has 5 heteroatoms. The monoisotopic (exact) mass is 261 g/mol. The van der Waals surface area contributed by atoms with Gasteiger partial charge in [-0.05, 0) is 25.7 Å². The summed E-state index contributed by atoms with van der Waals surface area (Å²) in [7, 11) is 0. The van der Waals surface area contributed by atoms with E-state index in [-0.39, 0.29) is 17.2 Å². The molecule has 0 saturated heterocycles. The van der Waals surface area contributed by atoms with Gasteiger partial charge in [0.1, 0.15) is 23.6 Å². The highest BCUT2D eigenvalue weighted by Crippen LogP contribution is 2.35. The van der Waals surface area contributed by atoms with Crippen molar-refractivity contribution in [2.75, 3.05) is 6.61 Å². The van der Waals surface area contributed by atoms with Gasteiger partial charge in [0.05, 0.1) is 6.20 Å². The predicted molar refractivity (Wildman–Crippen MR) is 70.5 cm³/mol. The first-order valence-corrected chi connectivity index (χ1v) is 6.87. The van der Waals surface area contributed by atoms with Crippen LogP contribution in [0, 0.1) is 17.2 Å². The van der Waals surface area contributed by atoms with Crippen LogP contribution < -0.4 is 5.56 Å². The molecule has 0 radical (unpaired) electrons. The molecular formula is C14H19N3O2. The Bertz CT molecular complexity index is 512. The van der Waals surface area contributed by atoms with Crippen molar-refractivity contribution in [3.05, 3.63) is 27.9 Å². The summed E-state index contributed by atoms with van der Waals surface area (Å²) in [4.78, 5) is 18.6. The number of nitriles is 1. The molecule has 2 rings (SSSR count). The van der Waals surface area contributed by atoms with Gasteiger partial charge in [0.15, 0.2) is 0 Å². The molecule has 1 N–H and O–H groups in total. The van der Waals surface area contributed by atoms with E-state index in [1.807, 2.05) is 13.0 Å². The van der Waals surface area contributed by atoms with Gasteiger partial charge in [-0.2, -0.15) is 5.26 Å². The third-order valence-corrected chi connectivity index (χ3v) is 3.63. The number of ether oxygens (including phenoxy) is 1. The summed E-state index contributed by atoms with van der Waals surface area (Å²) in [6, 6.07) is 1.83. The maximum absolute atomic E-state index is 11.7. The van der Waals surface area contributed by atoms with E-state index in [4.69, 9.17) is 10.00 Å². The van der Waals surface area contributed by atoms with Gasteiger partial charge in [0, 0.05) is 6.61 Å². The van der Waals surface area contributed by atoms with Gasteiger partial charge < -0.3 is 9.72 Å². The molecule has 1 aromatic rings. The first-order valence-electron chi connectivity index (χ1n) is 6.87. The van der Waals surface area contributed by atoms with E-state index >= 15 is 0 Å². The van der Waals surface area contributed by atoms with Crippen molar-refractivity contribution in [2.45, 2.75) is 45.1 Å². The zero-order valence-corrected chi connectivity index (χ0v) is 11.2. The minimum atomic E-state index is -0.381. The zero-order valence-electron chi connectivity index (χ0n) is 11.2. The molecule has 1 unspecified atom stereocenters. The molecule has 0 aromatic carbocycles. The number of aromatic nitrogens is 2. The Morgan fingerprint density at radius 3 is 2.84 bits per heavy atom. The third-order valence-electron chi connectivity index (χ3n) is 3.63. The lowest BCUT2D eigenvalue weighted by Crippen LogP contribution is -2.24. The Labute approximate surface area is 112 Å². The number of hydrogen-bond donors (Lipinski definition) is 1. The molecule has 0 bridgehead atoms. The molecule has 1 aliphatic rings. The summed E-state index contributed by atoms with van der Waals surface area (Å²) in [6.45, 7) is 2.53. The number of nitrogens with one attached hydrogen (secondary N) is 1. The molecule has 5 nitrogen and oxygen atoms in total. The van der Waals surface area contributed by atoms with Crippen LogP contribution in [0.5, 0.6) is 0 Å². The molecule has 1 aromatic heterocycles. The quantitative estimate of drug-likeness (QED) is 0.902. The Balaban J connectivity index is 2.25. The van der Waals surface area contributed by atoms with Gasteiger partial charge in [-0.25, -0.2) is 4.98 Å². The van der Waals surface area contributed by atoms with E-state index in [1.165, 1.54) is 25.5 Å². The molecule has 1 fully saturated rings. The van der Waals surface area contributed by atoms with Crippen LogP contribution in [0.4, 0.5) is 0 Å². The van der Waals surface area contributed by atoms with Gasteiger partial charge in [-0.3, -0.25) is 4.79 Å². The van der Waals surface area contributed by atoms with E-state index in [0.717, 1.165) is 12.8 Å². The van der Waals surface area contributed by atoms with Crippen molar-refractivity contribution in [2.24, 2.45) is 5.92 Å². The minimum Gasteiger partial charge on any atom is -0.370 e. The second-order valence-electron chi connectivity index (χ2n) is 4.90. The topological polar surface area (TPSA) is 78.8 Å². The Kier molecular flexibility index (Phi) is 4.69. The molecule has 102 valence electrons. The smallest absolute Gasteiger partial charge is 0.268 e. The van der Waals surface area contributed by atoms with Gasteiger partial charge in [0.2, 0.25) is 0 Å². The average Bonchev–Trinajstić information content (AvgIpc) is 2.45. The van der Waals surface area contributed by atoms with Gasteiger partial charge >= 0.3 is 0 Å². The average molecular weight is 261 g/mol. The fourth-order valence-electron chi connectivity index (χ4n) is 2.69. The van der Waals surface area contributed by atoms with Gasteiger partial charge in [-0.15, -0.1) is 0 Å². The van der Waals surface area contributed by atoms with Crippen molar-refractivity contribution >= 4 is 0 Å². The first-order chi connectivity index (χ1) is 9.26. The van der Waals surface area contributed by atoms with Crippen molar-refractivity contribution < 1.29 is 4.74 Å². The minimum absolute atomic E-state index is 0.0441. The maximum atomic E-state index is 11.7. The number of H-pyrrole nitrogens is 1. The number of aromatic amines is 1. The summed E-state index contributed by atoms with van der Waals surface area (Å²) in [5.41, 5.74) is -0.337. The van der Waals surface area contributed by atoms with Crippen LogP contribution in [0.25, 0.3) is 0 Å². The number of hydrogen-bond acceptors (Lipinski definition) is 4. The molecule has 1 saturated carbocycles. The summed E-state index contributed by atoms with van der Waals surface area (Å²) < 4.78 is 5.78. The van der Waals surface area contributed by atoms with E-state index in [9.17, 15) is 4.79 Å². The Morgan fingerprint density at radius 1 is 1.53 bits per heavy atom. The summed E-state index contributed by atoms with van der Waals surface area (Å²) in [6.07, 6.45) is 7.06. The zero-order chi connectivity index (χ0) is 13.7. The lowest BCUT2D eigenvalue weighted by molar-refractivity contribution is -0.000353.